The Balaban J connectivity index is 1.73. The number of carboxylic acids is 1. The maximum atomic E-state index is 10.8. The maximum absolute atomic E-state index is 10.8. The lowest BCUT2D eigenvalue weighted by atomic mass is 10.0. The van der Waals surface area contributed by atoms with Crippen LogP contribution >= 0.6 is 11.3 Å². The van der Waals surface area contributed by atoms with Crippen molar-refractivity contribution in [3.8, 4) is 11.6 Å². The lowest BCUT2D eigenvalue weighted by molar-refractivity contribution is -0.137. The molecule has 0 spiro atoms. The van der Waals surface area contributed by atoms with Crippen molar-refractivity contribution in [1.29, 1.82) is 0 Å². The fraction of sp³-hybridized carbons (Fsp3) is 0.273. The summed E-state index contributed by atoms with van der Waals surface area (Å²) in [6.07, 6.45) is 3.08. The normalized spacial score (nSPS) is 11.2. The number of hydrogen-bond acceptors (Lipinski definition) is 5. The minimum absolute atomic E-state index is 0.0743. The third-order valence-corrected chi connectivity index (χ3v) is 5.90. The number of aliphatic carboxylic acids is 1. The van der Waals surface area contributed by atoms with Crippen molar-refractivity contribution in [1.82, 2.24) is 9.38 Å². The van der Waals surface area contributed by atoms with Crippen molar-refractivity contribution >= 4 is 33.0 Å². The Labute approximate surface area is 172 Å². The zero-order valence-electron chi connectivity index (χ0n) is 16.3. The molecule has 0 saturated carbocycles. The lowest BCUT2D eigenvalue weighted by Gasteiger charge is -2.08. The first-order valence-corrected chi connectivity index (χ1v) is 10.3. The van der Waals surface area contributed by atoms with E-state index in [0.29, 0.717) is 25.3 Å². The van der Waals surface area contributed by atoms with Crippen LogP contribution in [0.1, 0.15) is 29.7 Å². The minimum Gasteiger partial charge on any atom is -0.495 e. The third kappa shape index (κ3) is 3.91. The van der Waals surface area contributed by atoms with Crippen LogP contribution in [0.15, 0.2) is 41.9 Å². The first-order chi connectivity index (χ1) is 14.1. The van der Waals surface area contributed by atoms with Gasteiger partial charge in [-0.15, -0.1) is 11.3 Å². The van der Waals surface area contributed by atoms with Crippen LogP contribution in [0.25, 0.3) is 15.7 Å². The van der Waals surface area contributed by atoms with Crippen molar-refractivity contribution in [2.24, 2.45) is 0 Å². The largest absolute Gasteiger partial charge is 0.495 e. The van der Waals surface area contributed by atoms with E-state index in [9.17, 15) is 4.79 Å². The van der Waals surface area contributed by atoms with Crippen LogP contribution in [0.3, 0.4) is 0 Å². The van der Waals surface area contributed by atoms with Crippen LogP contribution in [0.4, 0.5) is 0 Å². The van der Waals surface area contributed by atoms with E-state index in [1.54, 1.807) is 18.4 Å². The van der Waals surface area contributed by atoms with Gasteiger partial charge in [-0.3, -0.25) is 9.20 Å². The number of carbonyl (C=O) groups is 1. The average Bonchev–Trinajstić information content (AvgIpc) is 3.27. The SMILES string of the molecule is COc1ccc2nc(OCCCC(=O)O)c(Cc3csc4cccc(C)c34)n2c1. The summed E-state index contributed by atoms with van der Waals surface area (Å²) in [4.78, 5) is 15.4. The summed E-state index contributed by atoms with van der Waals surface area (Å²) in [5.74, 6) is 0.449. The van der Waals surface area contributed by atoms with E-state index in [0.717, 1.165) is 17.1 Å². The second-order valence-electron chi connectivity index (χ2n) is 6.89. The number of fused-ring (bicyclic) bond motifs is 2. The summed E-state index contributed by atoms with van der Waals surface area (Å²) in [6.45, 7) is 2.43. The second-order valence-corrected chi connectivity index (χ2v) is 7.80. The van der Waals surface area contributed by atoms with Gasteiger partial charge in [0.15, 0.2) is 0 Å². The van der Waals surface area contributed by atoms with Gasteiger partial charge in [0.25, 0.3) is 0 Å². The molecule has 0 atom stereocenters. The number of carboxylic acid groups (broad SMARTS) is 1. The minimum atomic E-state index is -0.825. The number of hydrogen-bond donors (Lipinski definition) is 1. The summed E-state index contributed by atoms with van der Waals surface area (Å²) < 4.78 is 14.5. The molecule has 0 amide bonds. The predicted molar refractivity (Wildman–Crippen MR) is 113 cm³/mol. The zero-order chi connectivity index (χ0) is 20.4. The Morgan fingerprint density at radius 2 is 2.14 bits per heavy atom. The third-order valence-electron chi connectivity index (χ3n) is 4.90. The number of rotatable bonds is 8. The Kier molecular flexibility index (Phi) is 5.40. The maximum Gasteiger partial charge on any atom is 0.303 e. The van der Waals surface area contributed by atoms with Crippen molar-refractivity contribution < 1.29 is 19.4 Å². The molecule has 1 N–H and O–H groups in total. The number of methoxy groups -OCH3 is 1. The number of ether oxygens (including phenoxy) is 2. The Bertz CT molecular complexity index is 1180. The lowest BCUT2D eigenvalue weighted by Crippen LogP contribution is -2.04. The molecule has 4 rings (SSSR count). The molecule has 0 fully saturated rings. The van der Waals surface area contributed by atoms with Crippen molar-refractivity contribution in [3.63, 3.8) is 0 Å². The highest BCUT2D eigenvalue weighted by Gasteiger charge is 2.17. The number of nitrogens with zero attached hydrogens (tertiary/aromatic N) is 2. The molecule has 29 heavy (non-hydrogen) atoms. The van der Waals surface area contributed by atoms with E-state index in [1.165, 1.54) is 21.2 Å². The van der Waals surface area contributed by atoms with Gasteiger partial charge in [-0.2, -0.15) is 4.98 Å². The van der Waals surface area contributed by atoms with Gasteiger partial charge in [0, 0.05) is 17.5 Å². The second kappa shape index (κ2) is 8.13. The number of benzene rings is 1. The number of pyridine rings is 1. The van der Waals surface area contributed by atoms with Gasteiger partial charge in [0.1, 0.15) is 11.4 Å². The molecule has 3 heterocycles. The van der Waals surface area contributed by atoms with Gasteiger partial charge in [0.05, 0.1) is 25.6 Å². The molecule has 0 bridgehead atoms. The van der Waals surface area contributed by atoms with E-state index in [4.69, 9.17) is 14.6 Å². The van der Waals surface area contributed by atoms with Crippen molar-refractivity contribution in [3.05, 3.63) is 58.7 Å². The molecule has 0 aliphatic rings. The van der Waals surface area contributed by atoms with E-state index in [2.05, 4.69) is 35.5 Å². The monoisotopic (exact) mass is 410 g/mol. The summed E-state index contributed by atoms with van der Waals surface area (Å²) in [7, 11) is 1.64. The molecular formula is C22H22N2O4S. The summed E-state index contributed by atoms with van der Waals surface area (Å²) in [6, 6.07) is 10.1. The Hall–Kier alpha value is -3.06. The van der Waals surface area contributed by atoms with Crippen molar-refractivity contribution in [2.45, 2.75) is 26.2 Å². The van der Waals surface area contributed by atoms with Crippen LogP contribution in [0, 0.1) is 6.92 Å². The highest BCUT2D eigenvalue weighted by Crippen LogP contribution is 2.33. The number of imidazole rings is 1. The molecule has 1 aromatic carbocycles. The van der Waals surface area contributed by atoms with Crippen LogP contribution in [-0.2, 0) is 11.2 Å². The first kappa shape index (κ1) is 19.3. The average molecular weight is 410 g/mol. The molecule has 0 aliphatic carbocycles. The van der Waals surface area contributed by atoms with Gasteiger partial charge in [-0.1, -0.05) is 12.1 Å². The molecule has 7 heteroatoms. The fourth-order valence-corrected chi connectivity index (χ4v) is 4.53. The zero-order valence-corrected chi connectivity index (χ0v) is 17.2. The molecule has 0 saturated heterocycles. The molecule has 3 aromatic heterocycles. The number of aromatic nitrogens is 2. The van der Waals surface area contributed by atoms with Gasteiger partial charge in [-0.25, -0.2) is 0 Å². The molecular weight excluding hydrogens is 388 g/mol. The standard InChI is InChI=1S/C22H22N2O4S/c1-14-5-3-6-18-21(14)15(13-29-18)11-17-22(28-10-4-7-20(25)26)23-19-9-8-16(27-2)12-24(17)19/h3,5-6,8-9,12-13H,4,7,10-11H2,1-2H3,(H,25,26). The quantitative estimate of drug-likeness (QED) is 0.426. The molecule has 0 radical (unpaired) electrons. The smallest absolute Gasteiger partial charge is 0.303 e. The van der Waals surface area contributed by atoms with E-state index >= 15 is 0 Å². The Morgan fingerprint density at radius 3 is 2.93 bits per heavy atom. The van der Waals surface area contributed by atoms with Gasteiger partial charge >= 0.3 is 5.97 Å². The summed E-state index contributed by atoms with van der Waals surface area (Å²) in [5.41, 5.74) is 4.17. The number of aryl methyl sites for hydroxylation is 1. The molecule has 4 aromatic rings. The van der Waals surface area contributed by atoms with Gasteiger partial charge in [0.2, 0.25) is 5.88 Å². The molecule has 150 valence electrons. The number of thiophene rings is 1. The Morgan fingerprint density at radius 1 is 1.28 bits per heavy atom. The topological polar surface area (TPSA) is 73.1 Å². The summed E-state index contributed by atoms with van der Waals surface area (Å²) >= 11 is 1.73. The van der Waals surface area contributed by atoms with Crippen LogP contribution < -0.4 is 9.47 Å². The highest BCUT2D eigenvalue weighted by molar-refractivity contribution is 7.17. The van der Waals surface area contributed by atoms with Gasteiger partial charge < -0.3 is 14.6 Å². The van der Waals surface area contributed by atoms with E-state index in [1.807, 2.05) is 22.7 Å². The van der Waals surface area contributed by atoms with Crippen LogP contribution in [0.2, 0.25) is 0 Å². The van der Waals surface area contributed by atoms with Crippen molar-refractivity contribution in [2.75, 3.05) is 13.7 Å². The predicted octanol–water partition coefficient (Wildman–Crippen LogP) is 4.70. The molecule has 0 aliphatic heterocycles. The summed E-state index contributed by atoms with van der Waals surface area (Å²) in [5, 5.41) is 12.3. The molecule has 6 nitrogen and oxygen atoms in total. The van der Waals surface area contributed by atoms with E-state index in [-0.39, 0.29) is 6.42 Å². The van der Waals surface area contributed by atoms with Gasteiger partial charge in [-0.05, 0) is 53.4 Å². The van der Waals surface area contributed by atoms with Crippen LogP contribution in [0.5, 0.6) is 11.6 Å². The van der Waals surface area contributed by atoms with Crippen LogP contribution in [-0.4, -0.2) is 34.2 Å². The fourth-order valence-electron chi connectivity index (χ4n) is 3.50. The van der Waals surface area contributed by atoms with E-state index < -0.39 is 5.97 Å². The first-order valence-electron chi connectivity index (χ1n) is 9.42. The highest BCUT2D eigenvalue weighted by atomic mass is 32.1. The molecule has 0 unspecified atom stereocenters.